The zero-order chi connectivity index (χ0) is 14.1. The average Bonchev–Trinajstić information content (AvgIpc) is 2.37. The molecule has 1 aromatic heterocycles. The Bertz CT molecular complexity index is 623. The predicted octanol–water partition coefficient (Wildman–Crippen LogP) is 2.45. The molecule has 0 amide bonds. The summed E-state index contributed by atoms with van der Waals surface area (Å²) in [4.78, 5) is 12.8. The second-order valence-corrected chi connectivity index (χ2v) is 6.55. The molecule has 0 bridgehead atoms. The molecule has 4 nitrogen and oxygen atoms in total. The first-order valence-corrected chi connectivity index (χ1v) is 8.06. The van der Waals surface area contributed by atoms with E-state index in [9.17, 15) is 0 Å². The Balaban J connectivity index is 1.99. The normalized spacial score (nSPS) is 15.7. The second kappa shape index (κ2) is 5.58. The number of anilines is 1. The largest absolute Gasteiger partial charge is 0.355 e. The number of fused-ring (bicyclic) bond motifs is 1. The Labute approximate surface area is 123 Å². The number of thioether (sulfide) groups is 1. The molecule has 1 aliphatic rings. The summed E-state index contributed by atoms with van der Waals surface area (Å²) in [5, 5.41) is 1.14. The fraction of sp³-hybridized carbons (Fsp3) is 0.467. The van der Waals surface area contributed by atoms with Gasteiger partial charge in [-0.2, -0.15) is 0 Å². The highest BCUT2D eigenvalue weighted by atomic mass is 32.2. The average molecular weight is 288 g/mol. The first kappa shape index (κ1) is 13.6. The van der Waals surface area contributed by atoms with Crippen LogP contribution in [0.1, 0.15) is 12.7 Å². The van der Waals surface area contributed by atoms with E-state index in [4.69, 9.17) is 5.73 Å². The minimum absolute atomic E-state index is 0.607. The SMILES string of the molecule is CCSc1ccc2c(N3CC(CN)C3)nc(C)nc2c1. The molecule has 0 unspecified atom stereocenters. The standard InChI is InChI=1S/C15H20N4S/c1-3-20-12-4-5-13-14(6-12)17-10(2)18-15(13)19-8-11(7-16)9-19/h4-6,11H,3,7-9,16H2,1-2H3. The summed E-state index contributed by atoms with van der Waals surface area (Å²) < 4.78 is 0. The van der Waals surface area contributed by atoms with Gasteiger partial charge in [0.15, 0.2) is 0 Å². The topological polar surface area (TPSA) is 55.0 Å². The van der Waals surface area contributed by atoms with Crippen LogP contribution < -0.4 is 10.6 Å². The molecular formula is C15H20N4S. The highest BCUT2D eigenvalue weighted by Crippen LogP contribution is 2.31. The maximum atomic E-state index is 5.71. The number of aryl methyl sites for hydroxylation is 1. The van der Waals surface area contributed by atoms with E-state index in [1.165, 1.54) is 4.90 Å². The van der Waals surface area contributed by atoms with Crippen LogP contribution in [0.2, 0.25) is 0 Å². The number of hydrogen-bond acceptors (Lipinski definition) is 5. The minimum Gasteiger partial charge on any atom is -0.355 e. The monoisotopic (exact) mass is 288 g/mol. The van der Waals surface area contributed by atoms with Crippen molar-refractivity contribution in [1.82, 2.24) is 9.97 Å². The van der Waals surface area contributed by atoms with Crippen molar-refractivity contribution in [2.24, 2.45) is 11.7 Å². The minimum atomic E-state index is 0.607. The lowest BCUT2D eigenvalue weighted by molar-refractivity contribution is 0.418. The molecule has 0 spiro atoms. The second-order valence-electron chi connectivity index (χ2n) is 5.21. The van der Waals surface area contributed by atoms with Crippen LogP contribution in [0.15, 0.2) is 23.1 Å². The third-order valence-electron chi connectivity index (χ3n) is 3.66. The van der Waals surface area contributed by atoms with Gasteiger partial charge in [-0.15, -0.1) is 11.8 Å². The Kier molecular flexibility index (Phi) is 3.81. The van der Waals surface area contributed by atoms with Gasteiger partial charge in [-0.3, -0.25) is 0 Å². The Morgan fingerprint density at radius 3 is 2.85 bits per heavy atom. The molecule has 0 saturated carbocycles. The highest BCUT2D eigenvalue weighted by molar-refractivity contribution is 7.99. The maximum Gasteiger partial charge on any atom is 0.140 e. The molecule has 2 aromatic rings. The van der Waals surface area contributed by atoms with Gasteiger partial charge in [0.05, 0.1) is 5.52 Å². The molecule has 1 saturated heterocycles. The van der Waals surface area contributed by atoms with Crippen LogP contribution in [-0.2, 0) is 0 Å². The predicted molar refractivity (Wildman–Crippen MR) is 85.4 cm³/mol. The van der Waals surface area contributed by atoms with E-state index in [0.717, 1.165) is 47.9 Å². The van der Waals surface area contributed by atoms with Crippen molar-refractivity contribution in [1.29, 1.82) is 0 Å². The molecule has 106 valence electrons. The van der Waals surface area contributed by atoms with Gasteiger partial charge in [-0.25, -0.2) is 9.97 Å². The molecule has 0 aliphatic carbocycles. The van der Waals surface area contributed by atoms with Crippen LogP contribution in [0.5, 0.6) is 0 Å². The molecule has 5 heteroatoms. The first-order chi connectivity index (χ1) is 9.71. The van der Waals surface area contributed by atoms with Crippen LogP contribution in [0.25, 0.3) is 10.9 Å². The van der Waals surface area contributed by atoms with Gasteiger partial charge in [-0.05, 0) is 37.4 Å². The Hall–Kier alpha value is -1.33. The number of nitrogens with zero attached hydrogens (tertiary/aromatic N) is 3. The molecule has 20 heavy (non-hydrogen) atoms. The van der Waals surface area contributed by atoms with Crippen molar-refractivity contribution in [3.8, 4) is 0 Å². The van der Waals surface area contributed by atoms with Gasteiger partial charge in [0.1, 0.15) is 11.6 Å². The van der Waals surface area contributed by atoms with E-state index < -0.39 is 0 Å². The number of rotatable bonds is 4. The molecule has 0 atom stereocenters. The number of aromatic nitrogens is 2. The van der Waals surface area contributed by atoms with Gasteiger partial charge in [0.2, 0.25) is 0 Å². The van der Waals surface area contributed by atoms with Crippen LogP contribution in [0.3, 0.4) is 0 Å². The summed E-state index contributed by atoms with van der Waals surface area (Å²) in [5.41, 5.74) is 6.75. The summed E-state index contributed by atoms with van der Waals surface area (Å²) in [5.74, 6) is 3.58. The molecule has 2 heterocycles. The van der Waals surface area contributed by atoms with Gasteiger partial charge in [0.25, 0.3) is 0 Å². The van der Waals surface area contributed by atoms with E-state index in [1.807, 2.05) is 18.7 Å². The highest BCUT2D eigenvalue weighted by Gasteiger charge is 2.28. The van der Waals surface area contributed by atoms with Crippen LogP contribution >= 0.6 is 11.8 Å². The van der Waals surface area contributed by atoms with Gasteiger partial charge in [0, 0.05) is 29.3 Å². The smallest absolute Gasteiger partial charge is 0.140 e. The molecular weight excluding hydrogens is 268 g/mol. The van der Waals surface area contributed by atoms with Gasteiger partial charge in [-0.1, -0.05) is 6.92 Å². The van der Waals surface area contributed by atoms with Crippen molar-refractivity contribution in [3.05, 3.63) is 24.0 Å². The molecule has 1 aliphatic heterocycles. The molecule has 1 aromatic carbocycles. The van der Waals surface area contributed by atoms with E-state index in [1.54, 1.807) is 0 Å². The fourth-order valence-corrected chi connectivity index (χ4v) is 3.29. The third kappa shape index (κ3) is 2.47. The number of hydrogen-bond donors (Lipinski definition) is 1. The van der Waals surface area contributed by atoms with Crippen molar-refractivity contribution in [3.63, 3.8) is 0 Å². The van der Waals surface area contributed by atoms with Crippen molar-refractivity contribution in [2.45, 2.75) is 18.7 Å². The summed E-state index contributed by atoms with van der Waals surface area (Å²) in [6.45, 7) is 6.90. The first-order valence-electron chi connectivity index (χ1n) is 7.07. The number of nitrogens with two attached hydrogens (primary N) is 1. The zero-order valence-corrected chi connectivity index (χ0v) is 12.8. The lowest BCUT2D eigenvalue weighted by Crippen LogP contribution is -2.50. The Morgan fingerprint density at radius 1 is 1.35 bits per heavy atom. The van der Waals surface area contributed by atoms with Crippen molar-refractivity contribution in [2.75, 3.05) is 30.3 Å². The summed E-state index contributed by atoms with van der Waals surface area (Å²) in [6, 6.07) is 6.48. The lowest BCUT2D eigenvalue weighted by atomic mass is 10.00. The summed E-state index contributed by atoms with van der Waals surface area (Å²) in [7, 11) is 0. The van der Waals surface area contributed by atoms with Crippen molar-refractivity contribution < 1.29 is 0 Å². The molecule has 0 radical (unpaired) electrons. The summed E-state index contributed by atoms with van der Waals surface area (Å²) >= 11 is 1.84. The van der Waals surface area contributed by atoms with Crippen molar-refractivity contribution >= 4 is 28.5 Å². The number of benzene rings is 1. The van der Waals surface area contributed by atoms with E-state index in [0.29, 0.717) is 5.92 Å². The van der Waals surface area contributed by atoms with E-state index in [-0.39, 0.29) is 0 Å². The van der Waals surface area contributed by atoms with Gasteiger partial charge < -0.3 is 10.6 Å². The van der Waals surface area contributed by atoms with E-state index >= 15 is 0 Å². The van der Waals surface area contributed by atoms with Crippen LogP contribution in [0.4, 0.5) is 5.82 Å². The molecule has 1 fully saturated rings. The zero-order valence-electron chi connectivity index (χ0n) is 12.0. The molecule has 2 N–H and O–H groups in total. The molecule has 3 rings (SSSR count). The fourth-order valence-electron chi connectivity index (χ4n) is 2.60. The van der Waals surface area contributed by atoms with Crippen LogP contribution in [-0.4, -0.2) is 35.4 Å². The summed E-state index contributed by atoms with van der Waals surface area (Å²) in [6.07, 6.45) is 0. The Morgan fingerprint density at radius 2 is 2.15 bits per heavy atom. The maximum absolute atomic E-state index is 5.71. The quantitative estimate of drug-likeness (QED) is 0.876. The lowest BCUT2D eigenvalue weighted by Gasteiger charge is -2.40. The van der Waals surface area contributed by atoms with E-state index in [2.05, 4.69) is 40.0 Å². The third-order valence-corrected chi connectivity index (χ3v) is 4.54. The van der Waals surface area contributed by atoms with Gasteiger partial charge >= 0.3 is 0 Å². The van der Waals surface area contributed by atoms with Crippen LogP contribution in [0, 0.1) is 12.8 Å².